The fourth-order valence-electron chi connectivity index (χ4n) is 4.33. The summed E-state index contributed by atoms with van der Waals surface area (Å²) in [4.78, 5) is 13.0. The second-order valence-corrected chi connectivity index (χ2v) is 9.68. The minimum atomic E-state index is -1.14. The van der Waals surface area contributed by atoms with Crippen LogP contribution in [0.1, 0.15) is 36.4 Å². The molecule has 2 aromatic carbocycles. The highest BCUT2D eigenvalue weighted by atomic mass is 19.1. The number of aromatic nitrogens is 3. The van der Waals surface area contributed by atoms with Crippen molar-refractivity contribution in [3.05, 3.63) is 81.3 Å². The van der Waals surface area contributed by atoms with Gasteiger partial charge < -0.3 is 23.2 Å². The highest BCUT2D eigenvalue weighted by Gasteiger charge is 2.24. The number of rotatable bonds is 5. The lowest BCUT2D eigenvalue weighted by atomic mass is 9.93. The van der Waals surface area contributed by atoms with Crippen molar-refractivity contribution in [2.45, 2.75) is 40.2 Å². The number of furan rings is 1. The molecule has 8 nitrogen and oxygen atoms in total. The van der Waals surface area contributed by atoms with E-state index in [1.54, 1.807) is 66.1 Å². The Morgan fingerprint density at radius 1 is 1.00 bits per heavy atom. The molecule has 37 heavy (non-hydrogen) atoms. The Morgan fingerprint density at radius 2 is 1.70 bits per heavy atom. The van der Waals surface area contributed by atoms with Crippen molar-refractivity contribution in [3.8, 4) is 34.3 Å². The number of pyridine rings is 1. The molecule has 0 amide bonds. The number of hydrogen-bond acceptors (Lipinski definition) is 7. The number of ether oxygens (including phenoxy) is 1. The van der Waals surface area contributed by atoms with Gasteiger partial charge in [-0.3, -0.25) is 4.79 Å². The molecule has 190 valence electrons. The van der Waals surface area contributed by atoms with Gasteiger partial charge in [-0.05, 0) is 74.7 Å². The van der Waals surface area contributed by atoms with Crippen LogP contribution in [0, 0.1) is 26.6 Å². The molecule has 5 aromatic rings. The van der Waals surface area contributed by atoms with E-state index in [0.717, 1.165) is 0 Å². The fourth-order valence-corrected chi connectivity index (χ4v) is 4.33. The van der Waals surface area contributed by atoms with E-state index in [-0.39, 0.29) is 28.6 Å². The first-order valence-electron chi connectivity index (χ1n) is 11.7. The van der Waals surface area contributed by atoms with Crippen LogP contribution < -0.4 is 10.3 Å². The quantitative estimate of drug-likeness (QED) is 0.317. The standard InChI is InChI=1S/C28H26FN3O5/c1-14-9-18(29)10-15(2)24(14)36-22-8-7-17(28(4,5)34)11-19(22)21-13-32(6)27(33)25-20(21)12-23(37-25)26-31-30-16(3)35-26/h7-13,34H,1-6H3. The largest absolute Gasteiger partial charge is 0.456 e. The molecule has 0 bridgehead atoms. The van der Waals surface area contributed by atoms with Gasteiger partial charge in [0.15, 0.2) is 5.76 Å². The minimum absolute atomic E-state index is 0.111. The molecule has 0 spiro atoms. The summed E-state index contributed by atoms with van der Waals surface area (Å²) < 4.78 is 33.1. The predicted octanol–water partition coefficient (Wildman–Crippen LogP) is 5.93. The molecule has 0 radical (unpaired) electrons. The van der Waals surface area contributed by atoms with Crippen LogP contribution >= 0.6 is 0 Å². The zero-order valence-corrected chi connectivity index (χ0v) is 21.3. The lowest BCUT2D eigenvalue weighted by Gasteiger charge is -2.22. The highest BCUT2D eigenvalue weighted by Crippen LogP contribution is 2.42. The Bertz CT molecular complexity index is 1700. The van der Waals surface area contributed by atoms with E-state index < -0.39 is 5.60 Å². The SMILES string of the molecule is Cc1nnc(-c2cc3c(-c4cc(C(C)(C)O)ccc4Oc4c(C)cc(F)cc4C)cn(C)c(=O)c3o2)o1. The lowest BCUT2D eigenvalue weighted by Crippen LogP contribution is -2.17. The first-order chi connectivity index (χ1) is 17.4. The Morgan fingerprint density at radius 3 is 2.32 bits per heavy atom. The molecule has 0 saturated carbocycles. The number of aryl methyl sites for hydroxylation is 4. The fraction of sp³-hybridized carbons (Fsp3) is 0.250. The van der Waals surface area contributed by atoms with Crippen LogP contribution in [0.5, 0.6) is 11.5 Å². The summed E-state index contributed by atoms with van der Waals surface area (Å²) in [6.07, 6.45) is 1.68. The molecule has 1 N–H and O–H groups in total. The smallest absolute Gasteiger partial charge is 0.293 e. The van der Waals surface area contributed by atoms with Gasteiger partial charge in [0.2, 0.25) is 11.5 Å². The van der Waals surface area contributed by atoms with Crippen molar-refractivity contribution in [2.24, 2.45) is 7.05 Å². The van der Waals surface area contributed by atoms with E-state index >= 15 is 0 Å². The van der Waals surface area contributed by atoms with Crippen LogP contribution in [-0.2, 0) is 12.6 Å². The summed E-state index contributed by atoms with van der Waals surface area (Å²) in [6, 6.07) is 9.83. The van der Waals surface area contributed by atoms with Gasteiger partial charge in [-0.2, -0.15) is 0 Å². The molecule has 5 rings (SSSR count). The number of benzene rings is 2. The Kier molecular flexibility index (Phi) is 5.75. The van der Waals surface area contributed by atoms with Crippen LogP contribution in [0.15, 0.2) is 56.2 Å². The molecule has 0 aliphatic heterocycles. The number of nitrogens with zero attached hydrogens (tertiary/aromatic N) is 3. The van der Waals surface area contributed by atoms with Crippen LogP contribution in [-0.4, -0.2) is 19.9 Å². The summed E-state index contributed by atoms with van der Waals surface area (Å²) in [7, 11) is 1.62. The Labute approximate surface area is 211 Å². The summed E-state index contributed by atoms with van der Waals surface area (Å²) in [5.74, 6) is 1.41. The van der Waals surface area contributed by atoms with Crippen molar-refractivity contribution >= 4 is 11.0 Å². The maximum atomic E-state index is 13.9. The maximum Gasteiger partial charge on any atom is 0.293 e. The molecule has 9 heteroatoms. The first kappa shape index (κ1) is 24.5. The molecule has 3 aromatic heterocycles. The number of fused-ring (bicyclic) bond motifs is 1. The topological polar surface area (TPSA) is 104 Å². The van der Waals surface area contributed by atoms with Crippen molar-refractivity contribution in [2.75, 3.05) is 0 Å². The molecular formula is C28H26FN3O5. The monoisotopic (exact) mass is 503 g/mol. The summed E-state index contributed by atoms with van der Waals surface area (Å²) in [5, 5.41) is 19.1. The molecule has 0 saturated heterocycles. The number of halogens is 1. The van der Waals surface area contributed by atoms with E-state index in [1.807, 2.05) is 6.07 Å². The van der Waals surface area contributed by atoms with Crippen LogP contribution in [0.4, 0.5) is 4.39 Å². The lowest BCUT2D eigenvalue weighted by molar-refractivity contribution is 0.0786. The Hall–Kier alpha value is -4.24. The third-order valence-electron chi connectivity index (χ3n) is 6.21. The maximum absolute atomic E-state index is 13.9. The van der Waals surface area contributed by atoms with E-state index in [4.69, 9.17) is 13.6 Å². The van der Waals surface area contributed by atoms with E-state index in [1.165, 1.54) is 16.7 Å². The van der Waals surface area contributed by atoms with Gasteiger partial charge in [0.1, 0.15) is 17.3 Å². The molecule has 0 aliphatic carbocycles. The third kappa shape index (κ3) is 4.42. The summed E-state index contributed by atoms with van der Waals surface area (Å²) in [6.45, 7) is 8.58. The van der Waals surface area contributed by atoms with Crippen LogP contribution in [0.25, 0.3) is 33.7 Å². The van der Waals surface area contributed by atoms with Gasteiger partial charge in [-0.1, -0.05) is 6.07 Å². The zero-order valence-electron chi connectivity index (χ0n) is 21.3. The highest BCUT2D eigenvalue weighted by molar-refractivity contribution is 5.97. The third-order valence-corrected chi connectivity index (χ3v) is 6.21. The van der Waals surface area contributed by atoms with Crippen molar-refractivity contribution < 1.29 is 23.1 Å². The van der Waals surface area contributed by atoms with E-state index in [2.05, 4.69) is 10.2 Å². The first-order valence-corrected chi connectivity index (χ1v) is 11.7. The van der Waals surface area contributed by atoms with E-state index in [0.29, 0.717) is 50.6 Å². The second kappa shape index (κ2) is 8.70. The van der Waals surface area contributed by atoms with Gasteiger partial charge in [-0.25, -0.2) is 4.39 Å². The average Bonchev–Trinajstić information content (AvgIpc) is 3.45. The van der Waals surface area contributed by atoms with Gasteiger partial charge in [-0.15, -0.1) is 10.2 Å². The summed E-state index contributed by atoms with van der Waals surface area (Å²) in [5.41, 5.74) is 1.78. The van der Waals surface area contributed by atoms with Gasteiger partial charge in [0, 0.05) is 36.7 Å². The average molecular weight is 504 g/mol. The molecule has 0 atom stereocenters. The molecular weight excluding hydrogens is 477 g/mol. The predicted molar refractivity (Wildman–Crippen MR) is 136 cm³/mol. The van der Waals surface area contributed by atoms with Gasteiger partial charge >= 0.3 is 0 Å². The molecule has 0 fully saturated rings. The van der Waals surface area contributed by atoms with Crippen LogP contribution in [0.3, 0.4) is 0 Å². The van der Waals surface area contributed by atoms with Crippen molar-refractivity contribution in [1.29, 1.82) is 0 Å². The van der Waals surface area contributed by atoms with Crippen LogP contribution in [0.2, 0.25) is 0 Å². The van der Waals surface area contributed by atoms with Gasteiger partial charge in [0.25, 0.3) is 11.4 Å². The number of aliphatic hydroxyl groups is 1. The van der Waals surface area contributed by atoms with E-state index in [9.17, 15) is 14.3 Å². The van der Waals surface area contributed by atoms with Gasteiger partial charge in [0.05, 0.1) is 5.60 Å². The normalized spacial score (nSPS) is 11.9. The van der Waals surface area contributed by atoms with Crippen molar-refractivity contribution in [3.63, 3.8) is 0 Å². The molecule has 0 aliphatic rings. The number of hydrogen-bond donors (Lipinski definition) is 1. The second-order valence-electron chi connectivity index (χ2n) is 9.68. The molecule has 0 unspecified atom stereocenters. The van der Waals surface area contributed by atoms with Crippen molar-refractivity contribution in [1.82, 2.24) is 14.8 Å². The molecule has 3 heterocycles. The summed E-state index contributed by atoms with van der Waals surface area (Å²) >= 11 is 0. The zero-order chi connectivity index (χ0) is 26.6. The Balaban J connectivity index is 1.77. The minimum Gasteiger partial charge on any atom is -0.456 e.